The van der Waals surface area contributed by atoms with Crippen LogP contribution in [0, 0.1) is 5.92 Å². The Hall–Kier alpha value is -4.74. The van der Waals surface area contributed by atoms with Crippen molar-refractivity contribution in [1.82, 2.24) is 15.1 Å². The third-order valence-corrected chi connectivity index (χ3v) is 13.2. The summed E-state index contributed by atoms with van der Waals surface area (Å²) in [5.74, 6) is 1.70. The number of nitrogens with one attached hydrogen (secondary N) is 1. The summed E-state index contributed by atoms with van der Waals surface area (Å²) < 4.78 is 0. The summed E-state index contributed by atoms with van der Waals surface area (Å²) in [5, 5.41) is 3.39. The molecule has 3 saturated heterocycles. The topological polar surface area (TPSA) is 25.0 Å². The molecule has 5 nitrogen and oxygen atoms in total. The van der Waals surface area contributed by atoms with Gasteiger partial charge in [0.05, 0.1) is 6.04 Å². The van der Waals surface area contributed by atoms with Gasteiger partial charge in [0.2, 0.25) is 0 Å². The molecular weight excluding hydrogens is 647 g/mol. The number of anilines is 2. The normalized spacial score (nSPS) is 23.9. The van der Waals surface area contributed by atoms with Gasteiger partial charge in [-0.1, -0.05) is 92.5 Å². The van der Waals surface area contributed by atoms with Crippen LogP contribution in [0.3, 0.4) is 0 Å². The fraction of sp³-hybridized carbons (Fsp3) is 0.375. The predicted molar refractivity (Wildman–Crippen MR) is 221 cm³/mol. The van der Waals surface area contributed by atoms with Gasteiger partial charge in [-0.3, -0.25) is 4.90 Å². The third-order valence-electron chi connectivity index (χ3n) is 13.2. The maximum Gasteiger partial charge on any atom is 0.0693 e. The lowest BCUT2D eigenvalue weighted by molar-refractivity contribution is 0.201. The van der Waals surface area contributed by atoms with Crippen LogP contribution in [0.25, 0.3) is 5.70 Å². The second-order valence-electron chi connectivity index (χ2n) is 16.3. The number of allylic oxidation sites excluding steroid dienone is 1. The molecular formula is C48H55N5. The number of benzene rings is 4. The van der Waals surface area contributed by atoms with Crippen LogP contribution in [0.5, 0.6) is 0 Å². The van der Waals surface area contributed by atoms with Crippen LogP contribution in [0.15, 0.2) is 128 Å². The second kappa shape index (κ2) is 14.6. The summed E-state index contributed by atoms with van der Waals surface area (Å²) in [4.78, 5) is 10.4. The van der Waals surface area contributed by atoms with Crippen molar-refractivity contribution in [2.75, 3.05) is 55.6 Å². The molecule has 4 aromatic carbocycles. The molecule has 0 amide bonds. The molecule has 1 N–H and O–H groups in total. The zero-order valence-electron chi connectivity index (χ0n) is 31.4. The molecule has 0 spiro atoms. The van der Waals surface area contributed by atoms with Gasteiger partial charge in [-0.25, -0.2) is 0 Å². The van der Waals surface area contributed by atoms with Crippen molar-refractivity contribution in [2.45, 2.75) is 62.9 Å². The van der Waals surface area contributed by atoms with Gasteiger partial charge in [0.1, 0.15) is 0 Å². The van der Waals surface area contributed by atoms with E-state index in [1.165, 1.54) is 70.6 Å². The monoisotopic (exact) mass is 701 g/mol. The summed E-state index contributed by atoms with van der Waals surface area (Å²) in [7, 11) is 0. The zero-order chi connectivity index (χ0) is 35.9. The van der Waals surface area contributed by atoms with E-state index in [2.05, 4.69) is 142 Å². The number of hydrogen-bond acceptors (Lipinski definition) is 5. The van der Waals surface area contributed by atoms with Crippen molar-refractivity contribution in [3.8, 4) is 0 Å². The molecule has 0 aromatic heterocycles. The average molecular weight is 702 g/mol. The van der Waals surface area contributed by atoms with E-state index in [-0.39, 0.29) is 6.04 Å². The Morgan fingerprint density at radius 3 is 2.11 bits per heavy atom. The van der Waals surface area contributed by atoms with Crippen molar-refractivity contribution in [2.24, 2.45) is 5.92 Å². The molecule has 4 aliphatic heterocycles. The number of piperidine rings is 2. The molecule has 53 heavy (non-hydrogen) atoms. The molecule has 9 rings (SSSR count). The van der Waals surface area contributed by atoms with E-state index in [1.807, 2.05) is 0 Å². The summed E-state index contributed by atoms with van der Waals surface area (Å²) in [6.07, 6.45) is 6.94. The van der Waals surface area contributed by atoms with Crippen LogP contribution in [-0.2, 0) is 13.0 Å². The zero-order valence-corrected chi connectivity index (χ0v) is 31.4. The van der Waals surface area contributed by atoms with Crippen molar-refractivity contribution in [3.63, 3.8) is 0 Å². The Kier molecular flexibility index (Phi) is 9.37. The first-order valence-electron chi connectivity index (χ1n) is 20.2. The number of nitrogens with zero attached hydrogens (tertiary/aromatic N) is 4. The van der Waals surface area contributed by atoms with Crippen LogP contribution >= 0.6 is 0 Å². The van der Waals surface area contributed by atoms with E-state index in [1.54, 1.807) is 0 Å². The molecule has 4 heterocycles. The molecule has 4 aromatic rings. The molecule has 1 aliphatic carbocycles. The van der Waals surface area contributed by atoms with Crippen molar-refractivity contribution >= 4 is 17.1 Å². The van der Waals surface area contributed by atoms with E-state index >= 15 is 0 Å². The first-order chi connectivity index (χ1) is 26.0. The van der Waals surface area contributed by atoms with E-state index in [4.69, 9.17) is 0 Å². The minimum Gasteiger partial charge on any atom is -0.372 e. The Morgan fingerprint density at radius 1 is 0.623 bits per heavy atom. The van der Waals surface area contributed by atoms with Crippen LogP contribution in [0.2, 0.25) is 0 Å². The lowest BCUT2D eigenvalue weighted by atomic mass is 9.69. The highest BCUT2D eigenvalue weighted by molar-refractivity contribution is 5.72. The fourth-order valence-electron chi connectivity index (χ4n) is 10.2. The molecule has 0 saturated carbocycles. The smallest absolute Gasteiger partial charge is 0.0693 e. The summed E-state index contributed by atoms with van der Waals surface area (Å²) in [6.45, 7) is 21.8. The van der Waals surface area contributed by atoms with E-state index < -0.39 is 0 Å². The second-order valence-corrected chi connectivity index (χ2v) is 16.3. The van der Waals surface area contributed by atoms with E-state index in [0.717, 1.165) is 88.1 Å². The van der Waals surface area contributed by atoms with Crippen molar-refractivity contribution in [3.05, 3.63) is 162 Å². The Labute approximate surface area is 317 Å². The van der Waals surface area contributed by atoms with Gasteiger partial charge in [0.25, 0.3) is 0 Å². The maximum absolute atomic E-state index is 4.49. The highest BCUT2D eigenvalue weighted by Crippen LogP contribution is 2.46. The maximum atomic E-state index is 4.49. The number of piperazine rings is 1. The molecule has 3 fully saturated rings. The first-order valence-corrected chi connectivity index (χ1v) is 20.2. The minimum atomic E-state index is 0.276. The first kappa shape index (κ1) is 34.1. The van der Waals surface area contributed by atoms with E-state index in [0.29, 0.717) is 11.8 Å². The van der Waals surface area contributed by atoms with Gasteiger partial charge < -0.3 is 20.0 Å². The van der Waals surface area contributed by atoms with E-state index in [9.17, 15) is 0 Å². The molecule has 0 radical (unpaired) electrons. The molecule has 3 unspecified atom stereocenters. The van der Waals surface area contributed by atoms with Crippen LogP contribution < -0.4 is 15.1 Å². The number of hydrogen-bond donors (Lipinski definition) is 1. The molecule has 0 bridgehead atoms. The van der Waals surface area contributed by atoms with Crippen LogP contribution in [-0.4, -0.2) is 61.7 Å². The Balaban J connectivity index is 0.776. The lowest BCUT2D eigenvalue weighted by Crippen LogP contribution is -2.49. The van der Waals surface area contributed by atoms with Crippen molar-refractivity contribution in [1.29, 1.82) is 0 Å². The number of rotatable bonds is 7. The third kappa shape index (κ3) is 6.81. The number of fused-ring (bicyclic) bond motifs is 2. The van der Waals surface area contributed by atoms with Crippen LogP contribution in [0.4, 0.5) is 11.4 Å². The van der Waals surface area contributed by atoms with Gasteiger partial charge in [-0.05, 0) is 102 Å². The Bertz CT molecular complexity index is 1960. The predicted octanol–water partition coefficient (Wildman–Crippen LogP) is 9.15. The minimum absolute atomic E-state index is 0.276. The lowest BCUT2D eigenvalue weighted by Gasteiger charge is -2.40. The molecule has 3 atom stereocenters. The van der Waals surface area contributed by atoms with Gasteiger partial charge in [-0.2, -0.15) is 0 Å². The van der Waals surface area contributed by atoms with Gasteiger partial charge in [0, 0.05) is 92.3 Å². The van der Waals surface area contributed by atoms with Gasteiger partial charge >= 0.3 is 0 Å². The standard InChI is InChI=1S/C48H55N5/c1-34-13-22-47(35(2)49-34)53-33-41-31-43(19-21-44(41)36(53)3)52-29-27-50(28-30-52)32-37-23-25-51(26-24-37)42-17-14-40(15-18-42)48-45-12-8-7-11-39(45)16-20-46(48)38-9-5-4-6-10-38/h4-12,14-15,17-19,21,31,37,46-49H,1-3,13,16,20,22-30,32-33H2. The largest absolute Gasteiger partial charge is 0.372 e. The summed E-state index contributed by atoms with van der Waals surface area (Å²) >= 11 is 0. The Morgan fingerprint density at radius 2 is 1.34 bits per heavy atom. The highest BCUT2D eigenvalue weighted by Gasteiger charge is 2.34. The highest BCUT2D eigenvalue weighted by atomic mass is 15.3. The van der Waals surface area contributed by atoms with Crippen LogP contribution in [0.1, 0.15) is 77.3 Å². The molecule has 5 heteroatoms. The summed E-state index contributed by atoms with van der Waals surface area (Å²) in [5.41, 5.74) is 14.6. The van der Waals surface area contributed by atoms with Gasteiger partial charge in [0.15, 0.2) is 0 Å². The number of aryl methyl sites for hydroxylation is 1. The SMILES string of the molecule is C=C1CCC(N2Cc3cc(N4CCN(CC5CCN(c6ccc(C7c8ccccc8CCC7c7ccccc7)cc6)CC5)CC4)ccc3C2=C)C(=C)N1. The quantitative estimate of drug-likeness (QED) is 0.207. The average Bonchev–Trinajstić information content (AvgIpc) is 3.53. The molecule has 272 valence electrons. The van der Waals surface area contributed by atoms with Crippen molar-refractivity contribution < 1.29 is 0 Å². The molecule has 5 aliphatic rings. The summed E-state index contributed by atoms with van der Waals surface area (Å²) in [6, 6.07) is 37.3. The van der Waals surface area contributed by atoms with Gasteiger partial charge in [-0.15, -0.1) is 0 Å². The fourth-order valence-corrected chi connectivity index (χ4v) is 10.2.